The summed E-state index contributed by atoms with van der Waals surface area (Å²) in [5.74, 6) is 0. The molecule has 9 aromatic carbocycles. The van der Waals surface area contributed by atoms with Crippen molar-refractivity contribution in [1.29, 1.82) is 0 Å². The van der Waals surface area contributed by atoms with Gasteiger partial charge >= 0.3 is 0 Å². The van der Waals surface area contributed by atoms with E-state index in [1.807, 2.05) is 0 Å². The fraction of sp³-hybridized carbons (Fsp3) is 0. The SMILES string of the molecule is c1ccc(-n2c3ccccc3c3cc(-c4ccc5c6c4ccc4cccc(c46)n5-c4ccc5c(c4)c4ccccc4n5-c4ccccc4)ccc32)cc1. The van der Waals surface area contributed by atoms with Gasteiger partial charge in [-0.3, -0.25) is 0 Å². The number of para-hydroxylation sites is 4. The molecule has 0 N–H and O–H groups in total. The van der Waals surface area contributed by atoms with Crippen molar-refractivity contribution in [2.24, 2.45) is 0 Å². The fourth-order valence-corrected chi connectivity index (χ4v) is 9.17. The highest BCUT2D eigenvalue weighted by atomic mass is 15.0. The smallest absolute Gasteiger partial charge is 0.0547 e. The van der Waals surface area contributed by atoms with Crippen LogP contribution < -0.4 is 0 Å². The molecule has 0 aliphatic heterocycles. The normalized spacial score (nSPS) is 12.2. The number of benzene rings is 9. The largest absolute Gasteiger partial charge is 0.309 e. The molecular weight excluding hydrogens is 643 g/mol. The maximum atomic E-state index is 2.47. The maximum Gasteiger partial charge on any atom is 0.0547 e. The minimum Gasteiger partial charge on any atom is -0.309 e. The van der Waals surface area contributed by atoms with Crippen LogP contribution in [-0.4, -0.2) is 13.7 Å². The van der Waals surface area contributed by atoms with Gasteiger partial charge in [-0.15, -0.1) is 0 Å². The molecule has 0 aliphatic rings. The molecule has 0 bridgehead atoms. The summed E-state index contributed by atoms with van der Waals surface area (Å²) in [7, 11) is 0. The molecule has 12 rings (SSSR count). The summed E-state index contributed by atoms with van der Waals surface area (Å²) < 4.78 is 7.24. The van der Waals surface area contributed by atoms with Gasteiger partial charge in [-0.25, -0.2) is 0 Å². The number of hydrogen-bond acceptors (Lipinski definition) is 0. The third kappa shape index (κ3) is 3.94. The van der Waals surface area contributed by atoms with Gasteiger partial charge in [-0.2, -0.15) is 0 Å². The molecule has 3 aromatic heterocycles. The highest BCUT2D eigenvalue weighted by Gasteiger charge is 2.21. The molecule has 0 aliphatic carbocycles. The first kappa shape index (κ1) is 28.6. The van der Waals surface area contributed by atoms with E-state index in [4.69, 9.17) is 0 Å². The lowest BCUT2D eigenvalue weighted by Gasteiger charge is -2.12. The van der Waals surface area contributed by atoms with Crippen molar-refractivity contribution in [2.75, 3.05) is 0 Å². The Bertz CT molecular complexity index is 3380. The van der Waals surface area contributed by atoms with Crippen molar-refractivity contribution >= 4 is 76.2 Å². The maximum absolute atomic E-state index is 2.47. The Balaban J connectivity index is 1.09. The van der Waals surface area contributed by atoms with Gasteiger partial charge in [0.1, 0.15) is 0 Å². The van der Waals surface area contributed by atoms with Crippen LogP contribution in [0.25, 0.3) is 104 Å². The van der Waals surface area contributed by atoms with Crippen LogP contribution in [0.5, 0.6) is 0 Å². The lowest BCUT2D eigenvalue weighted by atomic mass is 9.94. The Hall–Kier alpha value is -7.10. The predicted octanol–water partition coefficient (Wildman–Crippen LogP) is 13.2. The molecule has 3 heterocycles. The highest BCUT2D eigenvalue weighted by Crippen LogP contribution is 2.44. The predicted molar refractivity (Wildman–Crippen MR) is 224 cm³/mol. The van der Waals surface area contributed by atoms with Gasteiger partial charge in [0, 0.05) is 49.4 Å². The second kappa shape index (κ2) is 10.7. The van der Waals surface area contributed by atoms with Gasteiger partial charge in [-0.05, 0) is 101 Å². The molecule has 0 spiro atoms. The third-order valence-electron chi connectivity index (χ3n) is 11.4. The van der Waals surface area contributed by atoms with Crippen LogP contribution >= 0.6 is 0 Å². The fourth-order valence-electron chi connectivity index (χ4n) is 9.17. The van der Waals surface area contributed by atoms with E-state index >= 15 is 0 Å². The first-order valence-corrected chi connectivity index (χ1v) is 18.3. The quantitative estimate of drug-likeness (QED) is 0.165. The zero-order chi connectivity index (χ0) is 34.6. The molecular formula is C50H31N3. The van der Waals surface area contributed by atoms with Crippen LogP contribution in [0.1, 0.15) is 0 Å². The number of hydrogen-bond donors (Lipinski definition) is 0. The first-order chi connectivity index (χ1) is 26.3. The van der Waals surface area contributed by atoms with Crippen molar-refractivity contribution < 1.29 is 0 Å². The zero-order valence-corrected chi connectivity index (χ0v) is 28.7. The van der Waals surface area contributed by atoms with Crippen LogP contribution in [0.3, 0.4) is 0 Å². The molecule has 0 saturated heterocycles. The monoisotopic (exact) mass is 673 g/mol. The Kier molecular flexibility index (Phi) is 5.77. The lowest BCUT2D eigenvalue weighted by molar-refractivity contribution is 1.17. The molecule has 0 saturated carbocycles. The number of rotatable bonds is 4. The molecule has 3 nitrogen and oxygen atoms in total. The topological polar surface area (TPSA) is 14.8 Å². The van der Waals surface area contributed by atoms with Gasteiger partial charge in [-0.1, -0.05) is 109 Å². The minimum atomic E-state index is 1.17. The van der Waals surface area contributed by atoms with Crippen molar-refractivity contribution in [3.63, 3.8) is 0 Å². The summed E-state index contributed by atoms with van der Waals surface area (Å²) in [6, 6.07) is 68.9. The second-order valence-electron chi connectivity index (χ2n) is 14.1. The lowest BCUT2D eigenvalue weighted by Crippen LogP contribution is -1.95. The number of aromatic nitrogens is 3. The van der Waals surface area contributed by atoms with E-state index in [2.05, 4.69) is 202 Å². The van der Waals surface area contributed by atoms with Crippen LogP contribution in [0, 0.1) is 0 Å². The van der Waals surface area contributed by atoms with Crippen LogP contribution in [0.4, 0.5) is 0 Å². The summed E-state index contributed by atoms with van der Waals surface area (Å²) in [6.07, 6.45) is 0. The minimum absolute atomic E-state index is 1.17. The molecule has 0 fully saturated rings. The average Bonchev–Trinajstić information content (AvgIpc) is 3.86. The van der Waals surface area contributed by atoms with Gasteiger partial charge in [0.2, 0.25) is 0 Å². The van der Waals surface area contributed by atoms with Crippen LogP contribution in [0.2, 0.25) is 0 Å². The molecule has 0 atom stereocenters. The van der Waals surface area contributed by atoms with E-state index in [1.165, 1.54) is 104 Å². The van der Waals surface area contributed by atoms with Crippen LogP contribution in [0.15, 0.2) is 188 Å². The molecule has 0 unspecified atom stereocenters. The summed E-state index contributed by atoms with van der Waals surface area (Å²) in [5.41, 5.74) is 13.3. The Morgan fingerprint density at radius 1 is 0.264 bits per heavy atom. The van der Waals surface area contributed by atoms with Gasteiger partial charge in [0.15, 0.2) is 0 Å². The van der Waals surface area contributed by atoms with Crippen LogP contribution in [-0.2, 0) is 0 Å². The molecule has 3 heteroatoms. The standard InChI is InChI=1S/C50H31N3/c1-3-13-34(14-4-1)51-43-19-9-7-17-38(43)41-30-33(23-27-45(41)51)37-26-29-48-50-40(37)25-22-32-12-11-21-47(49(32)50)53(48)36-24-28-46-42(31-36)39-18-8-10-20-44(39)52(46)35-15-5-2-6-16-35/h1-31H. The summed E-state index contributed by atoms with van der Waals surface area (Å²) in [6.45, 7) is 0. The van der Waals surface area contributed by atoms with E-state index in [9.17, 15) is 0 Å². The van der Waals surface area contributed by atoms with E-state index in [1.54, 1.807) is 0 Å². The third-order valence-corrected chi connectivity index (χ3v) is 11.4. The van der Waals surface area contributed by atoms with Crippen molar-refractivity contribution in [2.45, 2.75) is 0 Å². The average molecular weight is 674 g/mol. The number of fused-ring (bicyclic) bond motifs is 6. The van der Waals surface area contributed by atoms with Gasteiger partial charge in [0.05, 0.1) is 33.1 Å². The van der Waals surface area contributed by atoms with Gasteiger partial charge in [0.25, 0.3) is 0 Å². The van der Waals surface area contributed by atoms with E-state index in [0.29, 0.717) is 0 Å². The van der Waals surface area contributed by atoms with E-state index < -0.39 is 0 Å². The Morgan fingerprint density at radius 2 is 0.792 bits per heavy atom. The van der Waals surface area contributed by atoms with Crippen molar-refractivity contribution in [3.05, 3.63) is 188 Å². The zero-order valence-electron chi connectivity index (χ0n) is 28.7. The molecule has 0 amide bonds. The van der Waals surface area contributed by atoms with E-state index in [-0.39, 0.29) is 0 Å². The second-order valence-corrected chi connectivity index (χ2v) is 14.1. The molecule has 12 aromatic rings. The Labute approximate surface area is 305 Å². The van der Waals surface area contributed by atoms with E-state index in [0.717, 1.165) is 0 Å². The summed E-state index contributed by atoms with van der Waals surface area (Å²) in [5, 5.41) is 10.2. The van der Waals surface area contributed by atoms with Gasteiger partial charge < -0.3 is 13.7 Å². The molecule has 246 valence electrons. The molecule has 0 radical (unpaired) electrons. The summed E-state index contributed by atoms with van der Waals surface area (Å²) >= 11 is 0. The Morgan fingerprint density at radius 3 is 1.49 bits per heavy atom. The van der Waals surface area contributed by atoms with Crippen molar-refractivity contribution in [3.8, 4) is 28.2 Å². The van der Waals surface area contributed by atoms with Crippen molar-refractivity contribution in [1.82, 2.24) is 13.7 Å². The molecule has 53 heavy (non-hydrogen) atoms. The highest BCUT2D eigenvalue weighted by molar-refractivity contribution is 6.27. The summed E-state index contributed by atoms with van der Waals surface area (Å²) in [4.78, 5) is 0. The number of nitrogens with zero attached hydrogens (tertiary/aromatic N) is 3. The first-order valence-electron chi connectivity index (χ1n) is 18.3.